The number of carbonyl (C=O) groups is 3. The highest BCUT2D eigenvalue weighted by atomic mass is 32.1. The van der Waals surface area contributed by atoms with Gasteiger partial charge in [-0.05, 0) is 42.7 Å². The van der Waals surface area contributed by atoms with Gasteiger partial charge in [-0.25, -0.2) is 4.98 Å². The maximum atomic E-state index is 12.4. The van der Waals surface area contributed by atoms with Crippen LogP contribution < -0.4 is 5.32 Å². The summed E-state index contributed by atoms with van der Waals surface area (Å²) in [5, 5.41) is 3.45. The maximum absolute atomic E-state index is 12.4. The van der Waals surface area contributed by atoms with Gasteiger partial charge in [-0.2, -0.15) is 0 Å². The Bertz CT molecular complexity index is 954. The average molecular weight is 412 g/mol. The van der Waals surface area contributed by atoms with Gasteiger partial charge in [-0.3, -0.25) is 19.3 Å². The van der Waals surface area contributed by atoms with Crippen molar-refractivity contribution in [1.82, 2.24) is 9.88 Å². The second-order valence-electron chi connectivity index (χ2n) is 8.80. The Morgan fingerprint density at radius 1 is 1.21 bits per heavy atom. The summed E-state index contributed by atoms with van der Waals surface area (Å²) in [5.74, 6) is -0.291. The Morgan fingerprint density at radius 2 is 1.86 bits per heavy atom. The molecule has 1 aromatic carbocycles. The summed E-state index contributed by atoms with van der Waals surface area (Å²) in [6.07, 6.45) is 3.12. The molecular weight excluding hydrogens is 386 g/mol. The number of rotatable bonds is 4. The van der Waals surface area contributed by atoms with Crippen molar-refractivity contribution < 1.29 is 14.4 Å². The average Bonchev–Trinajstić information content (AvgIpc) is 3.18. The molecule has 1 atom stereocenters. The van der Waals surface area contributed by atoms with Gasteiger partial charge in [0.1, 0.15) is 0 Å². The minimum Gasteiger partial charge on any atom is -0.302 e. The van der Waals surface area contributed by atoms with E-state index in [4.69, 9.17) is 0 Å². The highest BCUT2D eigenvalue weighted by molar-refractivity contribution is 7.15. The number of amides is 3. The molecule has 1 unspecified atom stereocenters. The largest absolute Gasteiger partial charge is 0.302 e. The van der Waals surface area contributed by atoms with E-state index in [1.807, 2.05) is 0 Å². The molecule has 152 valence electrons. The lowest BCUT2D eigenvalue weighted by atomic mass is 9.73. The number of fused-ring (bicyclic) bond motifs is 2. The van der Waals surface area contributed by atoms with Crippen molar-refractivity contribution in [3.8, 4) is 0 Å². The van der Waals surface area contributed by atoms with E-state index >= 15 is 0 Å². The third-order valence-corrected chi connectivity index (χ3v) is 6.89. The standard InChI is InChI=1S/C22H25N3O3S/c1-22(2,3)13-8-9-16-17(12-13)29-21(23-16)24-18(26)10-11-25-19(27)14-6-4-5-7-15(14)20(25)28/h4-7,13H,8-12H2,1-3H3,(H,23,24,26). The van der Waals surface area contributed by atoms with Crippen LogP contribution in [0.5, 0.6) is 0 Å². The number of aryl methyl sites for hydroxylation is 1. The van der Waals surface area contributed by atoms with E-state index in [2.05, 4.69) is 31.1 Å². The molecule has 3 amide bonds. The number of nitrogens with zero attached hydrogens (tertiary/aromatic N) is 2. The van der Waals surface area contributed by atoms with Crippen LogP contribution in [0.2, 0.25) is 0 Å². The molecule has 7 heteroatoms. The summed E-state index contributed by atoms with van der Waals surface area (Å²) < 4.78 is 0. The van der Waals surface area contributed by atoms with Crippen molar-refractivity contribution in [3.63, 3.8) is 0 Å². The Labute approximate surface area is 174 Å². The van der Waals surface area contributed by atoms with Crippen molar-refractivity contribution in [2.75, 3.05) is 11.9 Å². The lowest BCUT2D eigenvalue weighted by molar-refractivity contribution is -0.116. The fourth-order valence-electron chi connectivity index (χ4n) is 4.00. The van der Waals surface area contributed by atoms with Gasteiger partial charge in [0, 0.05) is 17.8 Å². The summed E-state index contributed by atoms with van der Waals surface area (Å²) in [6.45, 7) is 6.87. The number of anilines is 1. The van der Waals surface area contributed by atoms with E-state index in [9.17, 15) is 14.4 Å². The van der Waals surface area contributed by atoms with Gasteiger partial charge < -0.3 is 5.32 Å². The zero-order valence-corrected chi connectivity index (χ0v) is 17.8. The number of hydrogen-bond acceptors (Lipinski definition) is 5. The van der Waals surface area contributed by atoms with Gasteiger partial charge in [-0.1, -0.05) is 32.9 Å². The molecule has 1 aromatic heterocycles. The van der Waals surface area contributed by atoms with Crippen LogP contribution >= 0.6 is 11.3 Å². The molecule has 0 spiro atoms. The first-order valence-corrected chi connectivity index (χ1v) is 10.8. The molecule has 0 saturated carbocycles. The molecule has 2 aromatic rings. The van der Waals surface area contributed by atoms with Crippen molar-refractivity contribution >= 4 is 34.2 Å². The number of benzene rings is 1. The van der Waals surface area contributed by atoms with Crippen molar-refractivity contribution in [3.05, 3.63) is 46.0 Å². The van der Waals surface area contributed by atoms with Gasteiger partial charge in [0.2, 0.25) is 5.91 Å². The molecule has 6 nitrogen and oxygen atoms in total. The zero-order valence-electron chi connectivity index (χ0n) is 16.9. The molecule has 0 saturated heterocycles. The van der Waals surface area contributed by atoms with Gasteiger partial charge in [-0.15, -0.1) is 11.3 Å². The van der Waals surface area contributed by atoms with Crippen LogP contribution in [-0.2, 0) is 17.6 Å². The summed E-state index contributed by atoms with van der Waals surface area (Å²) in [6, 6.07) is 6.74. The van der Waals surface area contributed by atoms with E-state index in [-0.39, 0.29) is 36.1 Å². The maximum Gasteiger partial charge on any atom is 0.261 e. The third kappa shape index (κ3) is 3.83. The number of aromatic nitrogens is 1. The summed E-state index contributed by atoms with van der Waals surface area (Å²) in [4.78, 5) is 44.2. The lowest BCUT2D eigenvalue weighted by Gasteiger charge is -2.33. The van der Waals surface area contributed by atoms with E-state index in [1.54, 1.807) is 35.6 Å². The molecule has 0 bridgehead atoms. The number of imide groups is 1. The first-order chi connectivity index (χ1) is 13.7. The number of thiazole rings is 1. The Morgan fingerprint density at radius 3 is 2.48 bits per heavy atom. The molecule has 29 heavy (non-hydrogen) atoms. The topological polar surface area (TPSA) is 79.4 Å². The fraction of sp³-hybridized carbons (Fsp3) is 0.455. The van der Waals surface area contributed by atoms with Crippen LogP contribution in [0.4, 0.5) is 5.13 Å². The molecule has 2 heterocycles. The second-order valence-corrected chi connectivity index (χ2v) is 9.88. The van der Waals surface area contributed by atoms with E-state index in [0.717, 1.165) is 29.9 Å². The molecule has 2 aliphatic rings. The predicted molar refractivity (Wildman–Crippen MR) is 112 cm³/mol. The quantitative estimate of drug-likeness (QED) is 0.774. The molecule has 1 aliphatic heterocycles. The minimum atomic E-state index is -0.337. The summed E-state index contributed by atoms with van der Waals surface area (Å²) in [5.41, 5.74) is 2.15. The molecule has 0 radical (unpaired) electrons. The Balaban J connectivity index is 1.35. The van der Waals surface area contributed by atoms with Crippen molar-refractivity contribution in [1.29, 1.82) is 0 Å². The third-order valence-electron chi connectivity index (χ3n) is 5.85. The molecule has 1 N–H and O–H groups in total. The van der Waals surface area contributed by atoms with Gasteiger partial charge in [0.25, 0.3) is 11.8 Å². The first-order valence-electron chi connectivity index (χ1n) is 9.97. The highest BCUT2D eigenvalue weighted by Crippen LogP contribution is 2.40. The number of nitrogens with one attached hydrogen (secondary N) is 1. The zero-order chi connectivity index (χ0) is 20.8. The predicted octanol–water partition coefficient (Wildman–Crippen LogP) is 3.92. The van der Waals surface area contributed by atoms with Gasteiger partial charge in [0.05, 0.1) is 16.8 Å². The summed E-state index contributed by atoms with van der Waals surface area (Å²) in [7, 11) is 0. The SMILES string of the molecule is CC(C)(C)C1CCc2nc(NC(=O)CCN3C(=O)c4ccccc4C3=O)sc2C1. The van der Waals surface area contributed by atoms with E-state index in [1.165, 1.54) is 4.88 Å². The van der Waals surface area contributed by atoms with Crippen LogP contribution in [0.25, 0.3) is 0 Å². The molecular formula is C22H25N3O3S. The monoisotopic (exact) mass is 411 g/mol. The van der Waals surface area contributed by atoms with Crippen molar-refractivity contribution in [2.24, 2.45) is 11.3 Å². The molecule has 0 fully saturated rings. The van der Waals surface area contributed by atoms with Gasteiger partial charge >= 0.3 is 0 Å². The Hall–Kier alpha value is -2.54. The van der Waals surface area contributed by atoms with E-state index in [0.29, 0.717) is 22.2 Å². The van der Waals surface area contributed by atoms with Gasteiger partial charge in [0.15, 0.2) is 5.13 Å². The van der Waals surface area contributed by atoms with Crippen LogP contribution in [0.15, 0.2) is 24.3 Å². The second kappa shape index (κ2) is 7.37. The Kier molecular flexibility index (Phi) is 5.02. The minimum absolute atomic E-state index is 0.0559. The van der Waals surface area contributed by atoms with Crippen LogP contribution in [0.3, 0.4) is 0 Å². The first kappa shape index (κ1) is 19.8. The molecule has 4 rings (SSSR count). The molecule has 1 aliphatic carbocycles. The van der Waals surface area contributed by atoms with Crippen LogP contribution in [-0.4, -0.2) is 34.2 Å². The summed E-state index contributed by atoms with van der Waals surface area (Å²) >= 11 is 1.54. The number of hydrogen-bond donors (Lipinski definition) is 1. The number of carbonyl (C=O) groups excluding carboxylic acids is 3. The lowest BCUT2D eigenvalue weighted by Crippen LogP contribution is -2.32. The normalized spacial score (nSPS) is 18.6. The van der Waals surface area contributed by atoms with Crippen LogP contribution in [0, 0.1) is 11.3 Å². The fourth-order valence-corrected chi connectivity index (χ4v) is 5.11. The van der Waals surface area contributed by atoms with Crippen molar-refractivity contribution in [2.45, 2.75) is 46.5 Å². The smallest absolute Gasteiger partial charge is 0.261 e. The van der Waals surface area contributed by atoms with Crippen LogP contribution in [0.1, 0.15) is 64.9 Å². The highest BCUT2D eigenvalue weighted by Gasteiger charge is 2.35. The van der Waals surface area contributed by atoms with E-state index < -0.39 is 0 Å².